The van der Waals surface area contributed by atoms with Crippen LogP contribution in [0.4, 0.5) is 0 Å². The second kappa shape index (κ2) is 11.7. The summed E-state index contributed by atoms with van der Waals surface area (Å²) in [5.41, 5.74) is 8.96. The Hall–Kier alpha value is -5.85. The van der Waals surface area contributed by atoms with E-state index in [1.54, 1.807) is 17.5 Å². The molecule has 0 radical (unpaired) electrons. The van der Waals surface area contributed by atoms with Crippen LogP contribution in [0.5, 0.6) is 0 Å². The van der Waals surface area contributed by atoms with Gasteiger partial charge in [-0.1, -0.05) is 109 Å². The van der Waals surface area contributed by atoms with Gasteiger partial charge in [-0.15, -0.1) is 11.3 Å². The molecule has 45 heavy (non-hydrogen) atoms. The maximum absolute atomic E-state index is 5.14. The number of nitrogens with zero attached hydrogens (tertiary/aromatic N) is 5. The molecule has 8 rings (SSSR count). The van der Waals surface area contributed by atoms with E-state index in [1.165, 1.54) is 0 Å². The Morgan fingerprint density at radius 1 is 0.400 bits per heavy atom. The first-order valence-electron chi connectivity index (χ1n) is 14.7. The summed E-state index contributed by atoms with van der Waals surface area (Å²) in [5, 5.41) is 0.999. The number of hydrogen-bond acceptors (Lipinski definition) is 6. The van der Waals surface area contributed by atoms with Gasteiger partial charge in [-0.25, -0.2) is 19.9 Å². The van der Waals surface area contributed by atoms with E-state index in [0.29, 0.717) is 17.5 Å². The van der Waals surface area contributed by atoms with Crippen LogP contribution in [0.15, 0.2) is 152 Å². The SMILES string of the molecule is c1ccc(-c2nc(-c3ccccc3)nc(-c3cc(-c4cccnc4)cc(-c4cccc5sc(-c6ccccc6)nc45)c3)n2)cc1. The standard InChI is InChI=1S/C39H25N5S/c1-4-12-26(13-5-1)36-42-37(27-14-6-2-7-15-27)44-38(43-36)32-23-30(29-18-11-21-40-25-29)22-31(24-32)33-19-10-20-34-35(33)41-39(45-34)28-16-8-3-9-17-28/h1-25H. The van der Waals surface area contributed by atoms with Crippen molar-refractivity contribution >= 4 is 21.6 Å². The van der Waals surface area contributed by atoms with Gasteiger partial charge in [0, 0.05) is 45.8 Å². The number of aromatic nitrogens is 5. The van der Waals surface area contributed by atoms with Crippen molar-refractivity contribution in [1.29, 1.82) is 0 Å². The lowest BCUT2D eigenvalue weighted by atomic mass is 9.96. The Labute approximate surface area is 264 Å². The number of fused-ring (bicyclic) bond motifs is 1. The van der Waals surface area contributed by atoms with Gasteiger partial charge in [0.05, 0.1) is 10.2 Å². The second-order valence-corrected chi connectivity index (χ2v) is 11.6. The molecule has 0 saturated carbocycles. The third kappa shape index (κ3) is 5.39. The first kappa shape index (κ1) is 26.8. The van der Waals surface area contributed by atoms with Gasteiger partial charge < -0.3 is 0 Å². The summed E-state index contributed by atoms with van der Waals surface area (Å²) in [6.07, 6.45) is 3.68. The van der Waals surface area contributed by atoms with E-state index in [2.05, 4.69) is 59.6 Å². The van der Waals surface area contributed by atoms with E-state index >= 15 is 0 Å². The van der Waals surface area contributed by atoms with Crippen molar-refractivity contribution in [2.75, 3.05) is 0 Å². The average molecular weight is 596 g/mol. The van der Waals surface area contributed by atoms with Gasteiger partial charge in [-0.05, 0) is 41.5 Å². The minimum absolute atomic E-state index is 0.602. The number of benzene rings is 5. The van der Waals surface area contributed by atoms with E-state index in [-0.39, 0.29) is 0 Å². The largest absolute Gasteiger partial charge is 0.264 e. The lowest BCUT2D eigenvalue weighted by Crippen LogP contribution is -2.00. The summed E-state index contributed by atoms with van der Waals surface area (Å²) >= 11 is 1.71. The molecule has 3 aromatic heterocycles. The maximum atomic E-state index is 5.14. The highest BCUT2D eigenvalue weighted by Gasteiger charge is 2.17. The fourth-order valence-electron chi connectivity index (χ4n) is 5.44. The molecule has 0 unspecified atom stereocenters. The molecule has 0 aliphatic heterocycles. The smallest absolute Gasteiger partial charge is 0.164 e. The molecule has 0 atom stereocenters. The molecule has 0 amide bonds. The third-order valence-corrected chi connectivity index (χ3v) is 8.71. The van der Waals surface area contributed by atoms with Crippen LogP contribution < -0.4 is 0 Å². The van der Waals surface area contributed by atoms with Gasteiger partial charge in [0.2, 0.25) is 0 Å². The number of hydrogen-bond donors (Lipinski definition) is 0. The predicted molar refractivity (Wildman–Crippen MR) is 183 cm³/mol. The molecule has 0 aliphatic carbocycles. The number of para-hydroxylation sites is 1. The monoisotopic (exact) mass is 595 g/mol. The van der Waals surface area contributed by atoms with Gasteiger partial charge in [0.1, 0.15) is 5.01 Å². The summed E-state index contributed by atoms with van der Waals surface area (Å²) in [7, 11) is 0. The van der Waals surface area contributed by atoms with E-state index in [1.807, 2.05) is 91.1 Å². The highest BCUT2D eigenvalue weighted by atomic mass is 32.1. The summed E-state index contributed by atoms with van der Waals surface area (Å²) < 4.78 is 1.14. The van der Waals surface area contributed by atoms with Gasteiger partial charge in [-0.3, -0.25) is 4.98 Å². The van der Waals surface area contributed by atoms with E-state index in [9.17, 15) is 0 Å². The predicted octanol–water partition coefficient (Wildman–Crippen LogP) is 9.88. The third-order valence-electron chi connectivity index (χ3n) is 7.64. The van der Waals surface area contributed by atoms with E-state index in [4.69, 9.17) is 19.9 Å². The first-order chi connectivity index (χ1) is 22.3. The molecule has 5 aromatic carbocycles. The Balaban J connectivity index is 1.35. The lowest BCUT2D eigenvalue weighted by Gasteiger charge is -2.12. The molecule has 0 bridgehead atoms. The maximum Gasteiger partial charge on any atom is 0.164 e. The molecule has 3 heterocycles. The topological polar surface area (TPSA) is 64.5 Å². The molecule has 5 nitrogen and oxygen atoms in total. The van der Waals surface area contributed by atoms with Crippen molar-refractivity contribution in [3.8, 4) is 67.0 Å². The zero-order valence-electron chi connectivity index (χ0n) is 24.1. The van der Waals surface area contributed by atoms with Crippen LogP contribution >= 0.6 is 11.3 Å². The summed E-state index contributed by atoms with van der Waals surface area (Å²) in [4.78, 5) is 24.5. The fraction of sp³-hybridized carbons (Fsp3) is 0. The van der Waals surface area contributed by atoms with Crippen molar-refractivity contribution in [3.05, 3.63) is 152 Å². The van der Waals surface area contributed by atoms with Crippen LogP contribution in [0.2, 0.25) is 0 Å². The Morgan fingerprint density at radius 2 is 0.956 bits per heavy atom. The fourth-order valence-corrected chi connectivity index (χ4v) is 6.43. The molecule has 212 valence electrons. The Bertz CT molecular complexity index is 2190. The van der Waals surface area contributed by atoms with Crippen LogP contribution in [0.25, 0.3) is 77.2 Å². The van der Waals surface area contributed by atoms with Gasteiger partial charge in [-0.2, -0.15) is 0 Å². The normalized spacial score (nSPS) is 11.1. The first-order valence-corrected chi connectivity index (χ1v) is 15.5. The second-order valence-electron chi connectivity index (χ2n) is 10.6. The zero-order chi connectivity index (χ0) is 30.0. The number of rotatable bonds is 6. The van der Waals surface area contributed by atoms with Crippen molar-refractivity contribution < 1.29 is 0 Å². The van der Waals surface area contributed by atoms with E-state index < -0.39 is 0 Å². The highest BCUT2D eigenvalue weighted by Crippen LogP contribution is 2.39. The van der Waals surface area contributed by atoms with Crippen molar-refractivity contribution in [1.82, 2.24) is 24.9 Å². The molecule has 0 saturated heterocycles. The van der Waals surface area contributed by atoms with Gasteiger partial charge in [0.15, 0.2) is 17.5 Å². The van der Waals surface area contributed by atoms with Gasteiger partial charge >= 0.3 is 0 Å². The molecule has 0 N–H and O–H groups in total. The summed E-state index contributed by atoms with van der Waals surface area (Å²) in [5.74, 6) is 1.86. The minimum atomic E-state index is 0.602. The van der Waals surface area contributed by atoms with Crippen LogP contribution in [0, 0.1) is 0 Å². The molecule has 0 spiro atoms. The molecule has 8 aromatic rings. The minimum Gasteiger partial charge on any atom is -0.264 e. The Morgan fingerprint density at radius 3 is 1.58 bits per heavy atom. The molecule has 6 heteroatoms. The van der Waals surface area contributed by atoms with Gasteiger partial charge in [0.25, 0.3) is 0 Å². The van der Waals surface area contributed by atoms with Crippen molar-refractivity contribution in [3.63, 3.8) is 0 Å². The molecular formula is C39H25N5S. The van der Waals surface area contributed by atoms with Crippen LogP contribution in [0.3, 0.4) is 0 Å². The quantitative estimate of drug-likeness (QED) is 0.191. The number of thiazole rings is 1. The average Bonchev–Trinajstić information content (AvgIpc) is 3.58. The van der Waals surface area contributed by atoms with Crippen molar-refractivity contribution in [2.45, 2.75) is 0 Å². The summed E-state index contributed by atoms with van der Waals surface area (Å²) in [6.45, 7) is 0. The lowest BCUT2D eigenvalue weighted by molar-refractivity contribution is 1.07. The molecular weight excluding hydrogens is 571 g/mol. The van der Waals surface area contributed by atoms with E-state index in [0.717, 1.165) is 59.7 Å². The van der Waals surface area contributed by atoms with Crippen LogP contribution in [0.1, 0.15) is 0 Å². The van der Waals surface area contributed by atoms with Crippen molar-refractivity contribution in [2.24, 2.45) is 0 Å². The molecule has 0 fully saturated rings. The number of pyridine rings is 1. The Kier molecular flexibility index (Phi) is 6.94. The van der Waals surface area contributed by atoms with Crippen LogP contribution in [-0.2, 0) is 0 Å². The highest BCUT2D eigenvalue weighted by molar-refractivity contribution is 7.21. The molecule has 0 aliphatic rings. The van der Waals surface area contributed by atoms with Crippen LogP contribution in [-0.4, -0.2) is 24.9 Å². The zero-order valence-corrected chi connectivity index (χ0v) is 24.9. The summed E-state index contributed by atoms with van der Waals surface area (Å²) in [6, 6.07) is 47.3.